The van der Waals surface area contributed by atoms with Crippen LogP contribution in [0.15, 0.2) is 21.3 Å². The highest BCUT2D eigenvalue weighted by molar-refractivity contribution is 5.07. The molecule has 66 valence electrons. The minimum atomic E-state index is -4.59. The van der Waals surface area contributed by atoms with Crippen LogP contribution in [0, 0.1) is 6.92 Å². The lowest BCUT2D eigenvalue weighted by molar-refractivity contribution is -0.154. The predicted molar refractivity (Wildman–Crippen MR) is 34.7 cm³/mol. The Balaban J connectivity index is 3.27. The van der Waals surface area contributed by atoms with Gasteiger partial charge in [0.25, 0.3) is 0 Å². The fourth-order valence-electron chi connectivity index (χ4n) is 0.743. The van der Waals surface area contributed by atoms with Gasteiger partial charge in [-0.1, -0.05) is 0 Å². The minimum absolute atomic E-state index is 0.0465. The van der Waals surface area contributed by atoms with E-state index in [2.05, 4.69) is 4.42 Å². The van der Waals surface area contributed by atoms with Gasteiger partial charge in [0.05, 0.1) is 0 Å². The Morgan fingerprint density at radius 3 is 2.33 bits per heavy atom. The Labute approximate surface area is 65.6 Å². The van der Waals surface area contributed by atoms with Crippen LogP contribution in [0.4, 0.5) is 13.2 Å². The standard InChI is InChI=1S/C7H5F3O2/c1-4-2-5(11)3-6(12-4)7(8,9)10/h2-3H,1H3. The van der Waals surface area contributed by atoms with Crippen molar-refractivity contribution < 1.29 is 17.6 Å². The van der Waals surface area contributed by atoms with Crippen LogP contribution in [0.3, 0.4) is 0 Å². The molecule has 0 spiro atoms. The van der Waals surface area contributed by atoms with E-state index in [-0.39, 0.29) is 5.76 Å². The van der Waals surface area contributed by atoms with Crippen molar-refractivity contribution in [2.45, 2.75) is 13.1 Å². The molecule has 0 N–H and O–H groups in total. The molecule has 0 aliphatic carbocycles. The largest absolute Gasteiger partial charge is 0.457 e. The van der Waals surface area contributed by atoms with Crippen molar-refractivity contribution >= 4 is 0 Å². The van der Waals surface area contributed by atoms with Crippen LogP contribution < -0.4 is 5.43 Å². The zero-order valence-corrected chi connectivity index (χ0v) is 6.11. The second kappa shape index (κ2) is 2.66. The molecule has 0 unspecified atom stereocenters. The molecule has 1 rings (SSSR count). The molecule has 12 heavy (non-hydrogen) atoms. The monoisotopic (exact) mass is 178 g/mol. The van der Waals surface area contributed by atoms with Crippen LogP contribution in [0.2, 0.25) is 0 Å². The van der Waals surface area contributed by atoms with Gasteiger partial charge in [-0.3, -0.25) is 4.79 Å². The maximum Gasteiger partial charge on any atom is 0.449 e. The summed E-state index contributed by atoms with van der Waals surface area (Å²) in [6.45, 7) is 1.29. The van der Waals surface area contributed by atoms with Gasteiger partial charge in [-0.2, -0.15) is 13.2 Å². The highest BCUT2D eigenvalue weighted by Gasteiger charge is 2.34. The van der Waals surface area contributed by atoms with Crippen LogP contribution >= 0.6 is 0 Å². The average molecular weight is 178 g/mol. The summed E-state index contributed by atoms with van der Waals surface area (Å²) in [7, 11) is 0. The maximum atomic E-state index is 11.9. The van der Waals surface area contributed by atoms with E-state index in [1.54, 1.807) is 0 Å². The molecule has 0 radical (unpaired) electrons. The third-order valence-electron chi connectivity index (χ3n) is 1.17. The number of hydrogen-bond acceptors (Lipinski definition) is 2. The Hall–Kier alpha value is -1.26. The van der Waals surface area contributed by atoms with Gasteiger partial charge in [-0.05, 0) is 6.92 Å². The van der Waals surface area contributed by atoms with Gasteiger partial charge in [0.1, 0.15) is 5.76 Å². The van der Waals surface area contributed by atoms with Gasteiger partial charge >= 0.3 is 6.18 Å². The normalized spacial score (nSPS) is 11.7. The summed E-state index contributed by atoms with van der Waals surface area (Å²) in [6.07, 6.45) is -4.59. The molecule has 0 saturated heterocycles. The molecule has 0 fully saturated rings. The van der Waals surface area contributed by atoms with Gasteiger partial charge in [0.2, 0.25) is 5.76 Å². The van der Waals surface area contributed by atoms with E-state index in [0.717, 1.165) is 6.07 Å². The summed E-state index contributed by atoms with van der Waals surface area (Å²) >= 11 is 0. The quantitative estimate of drug-likeness (QED) is 0.607. The van der Waals surface area contributed by atoms with Crippen LogP contribution in [0.5, 0.6) is 0 Å². The molecule has 2 nitrogen and oxygen atoms in total. The highest BCUT2D eigenvalue weighted by atomic mass is 19.4. The minimum Gasteiger partial charge on any atom is -0.457 e. The molecule has 1 heterocycles. The first kappa shape index (κ1) is 8.83. The van der Waals surface area contributed by atoms with Crippen molar-refractivity contribution in [2.24, 2.45) is 0 Å². The zero-order chi connectivity index (χ0) is 9.35. The number of alkyl halides is 3. The lowest BCUT2D eigenvalue weighted by Gasteiger charge is -2.04. The summed E-state index contributed by atoms with van der Waals surface area (Å²) in [6, 6.07) is 1.42. The molecule has 0 aliphatic rings. The maximum absolute atomic E-state index is 11.9. The highest BCUT2D eigenvalue weighted by Crippen LogP contribution is 2.28. The fraction of sp³-hybridized carbons (Fsp3) is 0.286. The van der Waals surface area contributed by atoms with Gasteiger partial charge in [-0.25, -0.2) is 0 Å². The molecule has 0 bridgehead atoms. The fourth-order valence-corrected chi connectivity index (χ4v) is 0.743. The molecule has 0 atom stereocenters. The van der Waals surface area contributed by atoms with Gasteiger partial charge in [0, 0.05) is 12.1 Å². The molecule has 1 aromatic heterocycles. The third kappa shape index (κ3) is 1.87. The lowest BCUT2D eigenvalue weighted by atomic mass is 10.3. The van der Waals surface area contributed by atoms with Crippen molar-refractivity contribution in [3.05, 3.63) is 33.9 Å². The van der Waals surface area contributed by atoms with Crippen LogP contribution in [-0.4, -0.2) is 0 Å². The summed E-state index contributed by atoms with van der Waals surface area (Å²) in [4.78, 5) is 10.6. The van der Waals surface area contributed by atoms with Gasteiger partial charge in [0.15, 0.2) is 5.43 Å². The second-order valence-corrected chi connectivity index (χ2v) is 2.27. The van der Waals surface area contributed by atoms with Crippen molar-refractivity contribution in [1.82, 2.24) is 0 Å². The number of halogens is 3. The lowest BCUT2D eigenvalue weighted by Crippen LogP contribution is -2.10. The molecule has 0 amide bonds. The van der Waals surface area contributed by atoms with Gasteiger partial charge < -0.3 is 4.42 Å². The van der Waals surface area contributed by atoms with E-state index in [9.17, 15) is 18.0 Å². The molecule has 1 aromatic rings. The number of rotatable bonds is 0. The van der Waals surface area contributed by atoms with E-state index in [4.69, 9.17) is 0 Å². The predicted octanol–water partition coefficient (Wildman–Crippen LogP) is 1.97. The summed E-state index contributed by atoms with van der Waals surface area (Å²) in [5, 5.41) is 0. The Kier molecular flexibility index (Phi) is 1.95. The van der Waals surface area contributed by atoms with Crippen LogP contribution in [0.25, 0.3) is 0 Å². The Morgan fingerprint density at radius 1 is 1.33 bits per heavy atom. The van der Waals surface area contributed by atoms with Crippen LogP contribution in [0.1, 0.15) is 11.5 Å². The second-order valence-electron chi connectivity index (χ2n) is 2.27. The van der Waals surface area contributed by atoms with Crippen molar-refractivity contribution in [2.75, 3.05) is 0 Å². The summed E-state index contributed by atoms with van der Waals surface area (Å²) < 4.78 is 40.0. The Morgan fingerprint density at radius 2 is 1.92 bits per heavy atom. The summed E-state index contributed by atoms with van der Waals surface area (Å²) in [5.74, 6) is -1.30. The van der Waals surface area contributed by atoms with Crippen molar-refractivity contribution in [3.8, 4) is 0 Å². The molecule has 5 heteroatoms. The zero-order valence-electron chi connectivity index (χ0n) is 6.11. The van der Waals surface area contributed by atoms with Gasteiger partial charge in [-0.15, -0.1) is 0 Å². The first-order valence-corrected chi connectivity index (χ1v) is 3.08. The summed E-state index contributed by atoms with van der Waals surface area (Å²) in [5.41, 5.74) is -0.703. The smallest absolute Gasteiger partial charge is 0.449 e. The molecular formula is C7H5F3O2. The number of hydrogen-bond donors (Lipinski definition) is 0. The SMILES string of the molecule is Cc1cc(=O)cc(C(F)(F)F)o1. The van der Waals surface area contributed by atoms with Crippen molar-refractivity contribution in [1.29, 1.82) is 0 Å². The van der Waals surface area contributed by atoms with E-state index in [1.807, 2.05) is 0 Å². The molecule has 0 aliphatic heterocycles. The molecular weight excluding hydrogens is 173 g/mol. The first-order chi connectivity index (χ1) is 5.39. The first-order valence-electron chi connectivity index (χ1n) is 3.08. The Bertz CT molecular complexity index is 337. The van der Waals surface area contributed by atoms with E-state index in [1.165, 1.54) is 6.92 Å². The number of aryl methyl sites for hydroxylation is 1. The van der Waals surface area contributed by atoms with E-state index in [0.29, 0.717) is 6.07 Å². The average Bonchev–Trinajstić information content (AvgIpc) is 1.82. The third-order valence-corrected chi connectivity index (χ3v) is 1.17. The van der Waals surface area contributed by atoms with Crippen molar-refractivity contribution in [3.63, 3.8) is 0 Å². The van der Waals surface area contributed by atoms with Crippen LogP contribution in [-0.2, 0) is 6.18 Å². The van der Waals surface area contributed by atoms with E-state index < -0.39 is 17.4 Å². The van der Waals surface area contributed by atoms with E-state index >= 15 is 0 Å². The molecule has 0 aromatic carbocycles. The molecule has 0 saturated carbocycles. The topological polar surface area (TPSA) is 30.2 Å².